The Kier molecular flexibility index (Phi) is 5.55. The number of carbonyl (C=O) groups is 1. The second-order valence-corrected chi connectivity index (χ2v) is 6.60. The summed E-state index contributed by atoms with van der Waals surface area (Å²) in [5.74, 6) is -0.862. The summed E-state index contributed by atoms with van der Waals surface area (Å²) in [5.41, 5.74) is 0. The molecule has 6 nitrogen and oxygen atoms in total. The lowest BCUT2D eigenvalue weighted by Gasteiger charge is -2.18. The van der Waals surface area contributed by atoms with E-state index in [2.05, 4.69) is 4.72 Å². The Morgan fingerprint density at radius 1 is 1.28 bits per heavy atom. The maximum atomic E-state index is 11.8. The summed E-state index contributed by atoms with van der Waals surface area (Å²) in [4.78, 5) is 11.5. The molecule has 106 valence electrons. The van der Waals surface area contributed by atoms with E-state index in [1.807, 2.05) is 0 Å². The van der Waals surface area contributed by atoms with Crippen molar-refractivity contribution >= 4 is 16.2 Å². The van der Waals surface area contributed by atoms with E-state index in [0.29, 0.717) is 13.1 Å². The predicted molar refractivity (Wildman–Crippen MR) is 68.1 cm³/mol. The Morgan fingerprint density at radius 2 is 1.83 bits per heavy atom. The van der Waals surface area contributed by atoms with Gasteiger partial charge >= 0.3 is 5.97 Å². The van der Waals surface area contributed by atoms with Gasteiger partial charge in [0, 0.05) is 19.6 Å². The van der Waals surface area contributed by atoms with Crippen LogP contribution in [0.2, 0.25) is 0 Å². The predicted octanol–water partition coefficient (Wildman–Crippen LogP) is 0.504. The first-order valence-electron chi connectivity index (χ1n) is 6.28. The topological polar surface area (TPSA) is 75.7 Å². The standard InChI is InChI=1S/C11H22N2O4S/c1-9(2)17-11(14)10(3)8-12-18(15,16)13-6-4-5-7-13/h9-10,12H,4-8H2,1-3H3/t10-/m1/s1. The van der Waals surface area contributed by atoms with Gasteiger partial charge < -0.3 is 4.74 Å². The van der Waals surface area contributed by atoms with Crippen molar-refractivity contribution < 1.29 is 17.9 Å². The van der Waals surface area contributed by atoms with Gasteiger partial charge in [0.2, 0.25) is 0 Å². The maximum absolute atomic E-state index is 11.8. The zero-order valence-corrected chi connectivity index (χ0v) is 12.0. The van der Waals surface area contributed by atoms with Crippen LogP contribution in [-0.4, -0.2) is 44.4 Å². The van der Waals surface area contributed by atoms with E-state index in [4.69, 9.17) is 4.74 Å². The number of rotatable bonds is 6. The van der Waals surface area contributed by atoms with Gasteiger partial charge in [0.15, 0.2) is 0 Å². The molecule has 0 bridgehead atoms. The smallest absolute Gasteiger partial charge is 0.310 e. The average molecular weight is 278 g/mol. The highest BCUT2D eigenvalue weighted by Crippen LogP contribution is 2.11. The molecule has 0 saturated carbocycles. The van der Waals surface area contributed by atoms with Crippen LogP contribution in [-0.2, 0) is 19.7 Å². The molecule has 1 saturated heterocycles. The number of hydrogen-bond donors (Lipinski definition) is 1. The molecule has 0 spiro atoms. The minimum Gasteiger partial charge on any atom is -0.463 e. The molecule has 0 aromatic rings. The Morgan fingerprint density at radius 3 is 2.33 bits per heavy atom. The fourth-order valence-electron chi connectivity index (χ4n) is 1.68. The molecule has 0 unspecified atom stereocenters. The van der Waals surface area contributed by atoms with Gasteiger partial charge in [-0.2, -0.15) is 12.7 Å². The van der Waals surface area contributed by atoms with E-state index in [0.717, 1.165) is 12.8 Å². The Balaban J connectivity index is 2.41. The average Bonchev–Trinajstić information content (AvgIpc) is 2.78. The summed E-state index contributed by atoms with van der Waals surface area (Å²) >= 11 is 0. The summed E-state index contributed by atoms with van der Waals surface area (Å²) in [6.07, 6.45) is 1.60. The molecule has 0 aromatic heterocycles. The van der Waals surface area contributed by atoms with Crippen molar-refractivity contribution in [3.8, 4) is 0 Å². The molecule has 1 aliphatic heterocycles. The Bertz CT molecular complexity index is 375. The van der Waals surface area contributed by atoms with E-state index in [-0.39, 0.29) is 18.6 Å². The summed E-state index contributed by atoms with van der Waals surface area (Å²) in [7, 11) is -3.44. The van der Waals surface area contributed by atoms with Gasteiger partial charge in [-0.15, -0.1) is 0 Å². The lowest BCUT2D eigenvalue weighted by molar-refractivity contribution is -0.151. The van der Waals surface area contributed by atoms with Gasteiger partial charge in [-0.1, -0.05) is 6.92 Å². The fraction of sp³-hybridized carbons (Fsp3) is 0.909. The van der Waals surface area contributed by atoms with Crippen LogP contribution in [0.1, 0.15) is 33.6 Å². The van der Waals surface area contributed by atoms with Crippen molar-refractivity contribution in [1.29, 1.82) is 0 Å². The molecule has 1 rings (SSSR count). The molecule has 0 aromatic carbocycles. The zero-order valence-electron chi connectivity index (χ0n) is 11.2. The molecule has 0 radical (unpaired) electrons. The van der Waals surface area contributed by atoms with Gasteiger partial charge in [-0.05, 0) is 26.7 Å². The van der Waals surface area contributed by atoms with Crippen LogP contribution in [0.25, 0.3) is 0 Å². The number of esters is 1. The van der Waals surface area contributed by atoms with E-state index < -0.39 is 16.1 Å². The van der Waals surface area contributed by atoms with Gasteiger partial charge in [0.05, 0.1) is 12.0 Å². The third-order valence-corrected chi connectivity index (χ3v) is 4.31. The highest BCUT2D eigenvalue weighted by Gasteiger charge is 2.26. The van der Waals surface area contributed by atoms with E-state index in [9.17, 15) is 13.2 Å². The second-order valence-electron chi connectivity index (χ2n) is 4.85. The van der Waals surface area contributed by atoms with Gasteiger partial charge in [-0.25, -0.2) is 4.72 Å². The van der Waals surface area contributed by atoms with Crippen molar-refractivity contribution in [3.05, 3.63) is 0 Å². The fourth-order valence-corrected chi connectivity index (χ4v) is 3.06. The lowest BCUT2D eigenvalue weighted by Crippen LogP contribution is -2.42. The van der Waals surface area contributed by atoms with Crippen LogP contribution < -0.4 is 4.72 Å². The Labute approximate surface area is 109 Å². The van der Waals surface area contributed by atoms with Gasteiger partial charge in [0.1, 0.15) is 0 Å². The molecular formula is C11H22N2O4S. The summed E-state index contributed by atoms with van der Waals surface area (Å²) in [6, 6.07) is 0. The molecular weight excluding hydrogens is 256 g/mol. The number of carbonyl (C=O) groups excluding carboxylic acids is 1. The molecule has 7 heteroatoms. The van der Waals surface area contributed by atoms with E-state index in [1.165, 1.54) is 4.31 Å². The third kappa shape index (κ3) is 4.55. The zero-order chi connectivity index (χ0) is 13.8. The van der Waals surface area contributed by atoms with Crippen molar-refractivity contribution in [2.45, 2.75) is 39.7 Å². The van der Waals surface area contributed by atoms with Crippen LogP contribution in [0.5, 0.6) is 0 Å². The normalized spacial score (nSPS) is 19.1. The minimum absolute atomic E-state index is 0.0738. The summed E-state index contributed by atoms with van der Waals surface area (Å²) in [5, 5.41) is 0. The summed E-state index contributed by atoms with van der Waals surface area (Å²) < 4.78 is 32.6. The molecule has 18 heavy (non-hydrogen) atoms. The van der Waals surface area contributed by atoms with Gasteiger partial charge in [0.25, 0.3) is 10.2 Å². The number of nitrogens with zero attached hydrogens (tertiary/aromatic N) is 1. The molecule has 1 heterocycles. The van der Waals surface area contributed by atoms with Gasteiger partial charge in [-0.3, -0.25) is 4.79 Å². The summed E-state index contributed by atoms with van der Waals surface area (Å²) in [6.45, 7) is 6.36. The molecule has 1 fully saturated rings. The first kappa shape index (κ1) is 15.4. The number of hydrogen-bond acceptors (Lipinski definition) is 4. The molecule has 1 N–H and O–H groups in total. The van der Waals surface area contributed by atoms with Crippen molar-refractivity contribution in [3.63, 3.8) is 0 Å². The lowest BCUT2D eigenvalue weighted by atomic mass is 10.2. The molecule has 0 aliphatic carbocycles. The second kappa shape index (κ2) is 6.49. The van der Waals surface area contributed by atoms with Crippen LogP contribution in [0.4, 0.5) is 0 Å². The quantitative estimate of drug-likeness (QED) is 0.718. The monoisotopic (exact) mass is 278 g/mol. The third-order valence-electron chi connectivity index (χ3n) is 2.73. The minimum atomic E-state index is -3.44. The van der Waals surface area contributed by atoms with E-state index in [1.54, 1.807) is 20.8 Å². The first-order valence-corrected chi connectivity index (χ1v) is 7.72. The van der Waals surface area contributed by atoms with E-state index >= 15 is 0 Å². The molecule has 1 aliphatic rings. The van der Waals surface area contributed by atoms with Crippen LogP contribution >= 0.6 is 0 Å². The van der Waals surface area contributed by atoms with Crippen LogP contribution in [0, 0.1) is 5.92 Å². The molecule has 0 amide bonds. The van der Waals surface area contributed by atoms with Crippen LogP contribution in [0.3, 0.4) is 0 Å². The first-order chi connectivity index (χ1) is 8.33. The Hall–Kier alpha value is -0.660. The SMILES string of the molecule is CC(C)OC(=O)[C@H](C)CNS(=O)(=O)N1CCCC1. The molecule has 1 atom stereocenters. The largest absolute Gasteiger partial charge is 0.463 e. The van der Waals surface area contributed by atoms with Crippen LogP contribution in [0.15, 0.2) is 0 Å². The van der Waals surface area contributed by atoms with Crippen molar-refractivity contribution in [1.82, 2.24) is 9.03 Å². The van der Waals surface area contributed by atoms with Crippen molar-refractivity contribution in [2.75, 3.05) is 19.6 Å². The maximum Gasteiger partial charge on any atom is 0.310 e. The number of nitrogens with one attached hydrogen (secondary N) is 1. The highest BCUT2D eigenvalue weighted by atomic mass is 32.2. The number of ether oxygens (including phenoxy) is 1. The van der Waals surface area contributed by atoms with Crippen molar-refractivity contribution in [2.24, 2.45) is 5.92 Å². The highest BCUT2D eigenvalue weighted by molar-refractivity contribution is 7.87.